The van der Waals surface area contributed by atoms with E-state index < -0.39 is 0 Å². The lowest BCUT2D eigenvalue weighted by Crippen LogP contribution is -1.93. The van der Waals surface area contributed by atoms with E-state index in [4.69, 9.17) is 4.74 Å². The summed E-state index contributed by atoms with van der Waals surface area (Å²) in [6.45, 7) is 4.00. The van der Waals surface area contributed by atoms with Crippen LogP contribution in [0.5, 0.6) is 11.8 Å². The first kappa shape index (κ1) is 9.77. The number of imidazole rings is 1. The summed E-state index contributed by atoms with van der Waals surface area (Å²) >= 11 is 0. The van der Waals surface area contributed by atoms with Crippen LogP contribution in [0.25, 0.3) is 0 Å². The van der Waals surface area contributed by atoms with Crippen molar-refractivity contribution in [2.45, 2.75) is 13.8 Å². The Morgan fingerprint density at radius 3 is 2.33 bits per heavy atom. The smallest absolute Gasteiger partial charge is 0.301 e. The molecule has 0 aliphatic carbocycles. The van der Waals surface area contributed by atoms with Gasteiger partial charge in [0.15, 0.2) is 0 Å². The van der Waals surface area contributed by atoms with Crippen LogP contribution in [0.4, 0.5) is 0 Å². The molecule has 0 N–H and O–H groups in total. The van der Waals surface area contributed by atoms with E-state index in [1.54, 1.807) is 0 Å². The Morgan fingerprint density at radius 2 is 1.80 bits per heavy atom. The molecule has 2 aromatic rings. The number of aromatic nitrogens is 2. The highest BCUT2D eigenvalue weighted by Crippen LogP contribution is 2.20. The molecule has 2 rings (SSSR count). The second kappa shape index (κ2) is 3.77. The molecule has 0 saturated carbocycles. The molecule has 0 unspecified atom stereocenters. The van der Waals surface area contributed by atoms with Crippen LogP contribution < -0.4 is 4.74 Å². The van der Waals surface area contributed by atoms with E-state index in [1.165, 1.54) is 5.56 Å². The van der Waals surface area contributed by atoms with Gasteiger partial charge in [0.05, 0.1) is 5.69 Å². The normalized spacial score (nSPS) is 10.3. The van der Waals surface area contributed by atoms with Crippen molar-refractivity contribution in [1.29, 1.82) is 0 Å². The first-order valence-corrected chi connectivity index (χ1v) is 4.89. The second-order valence-corrected chi connectivity index (χ2v) is 3.69. The number of rotatable bonds is 2. The minimum atomic E-state index is 0.622. The molecule has 0 atom stereocenters. The highest BCUT2D eigenvalue weighted by Gasteiger charge is 2.04. The molecule has 0 saturated heterocycles. The average molecular weight is 202 g/mol. The number of hydrogen-bond donors (Lipinski definition) is 0. The van der Waals surface area contributed by atoms with E-state index in [-0.39, 0.29) is 0 Å². The summed E-state index contributed by atoms with van der Waals surface area (Å²) in [5.74, 6) is 0.814. The first-order chi connectivity index (χ1) is 7.15. The van der Waals surface area contributed by atoms with Crippen LogP contribution in [-0.4, -0.2) is 9.55 Å². The molecular formula is C12H14N2O. The zero-order valence-corrected chi connectivity index (χ0v) is 9.19. The minimum Gasteiger partial charge on any atom is -0.426 e. The van der Waals surface area contributed by atoms with Gasteiger partial charge in [0.25, 0.3) is 0 Å². The van der Waals surface area contributed by atoms with Crippen LogP contribution >= 0.6 is 0 Å². The Bertz CT molecular complexity index is 457. The third kappa shape index (κ3) is 2.18. The maximum atomic E-state index is 5.64. The summed E-state index contributed by atoms with van der Waals surface area (Å²) in [6, 6.07) is 8.55. The summed E-state index contributed by atoms with van der Waals surface area (Å²) in [4.78, 5) is 4.27. The number of nitrogens with zero attached hydrogens (tertiary/aromatic N) is 2. The maximum Gasteiger partial charge on any atom is 0.301 e. The van der Waals surface area contributed by atoms with Gasteiger partial charge >= 0.3 is 6.01 Å². The van der Waals surface area contributed by atoms with Crippen LogP contribution in [0, 0.1) is 13.8 Å². The van der Waals surface area contributed by atoms with Gasteiger partial charge in [-0.25, -0.2) is 4.98 Å². The van der Waals surface area contributed by atoms with Gasteiger partial charge in [-0.2, -0.15) is 0 Å². The van der Waals surface area contributed by atoms with Crippen LogP contribution in [0.2, 0.25) is 0 Å². The molecule has 0 fully saturated rings. The summed E-state index contributed by atoms with van der Waals surface area (Å²) in [5.41, 5.74) is 2.18. The Labute approximate surface area is 89.3 Å². The van der Waals surface area contributed by atoms with Crippen molar-refractivity contribution in [3.8, 4) is 11.8 Å². The van der Waals surface area contributed by atoms with Crippen molar-refractivity contribution in [3.05, 3.63) is 41.7 Å². The topological polar surface area (TPSA) is 27.1 Å². The van der Waals surface area contributed by atoms with Crippen molar-refractivity contribution >= 4 is 0 Å². The highest BCUT2D eigenvalue weighted by molar-refractivity contribution is 5.28. The van der Waals surface area contributed by atoms with E-state index in [0.29, 0.717) is 6.01 Å². The summed E-state index contributed by atoms with van der Waals surface area (Å²) in [5, 5.41) is 0. The molecule has 15 heavy (non-hydrogen) atoms. The molecule has 1 heterocycles. The van der Waals surface area contributed by atoms with Crippen molar-refractivity contribution in [2.75, 3.05) is 0 Å². The Kier molecular flexibility index (Phi) is 2.46. The van der Waals surface area contributed by atoms with Crippen molar-refractivity contribution in [2.24, 2.45) is 7.05 Å². The van der Waals surface area contributed by atoms with Gasteiger partial charge in [-0.1, -0.05) is 17.7 Å². The maximum absolute atomic E-state index is 5.64. The quantitative estimate of drug-likeness (QED) is 0.748. The fourth-order valence-corrected chi connectivity index (χ4v) is 1.40. The van der Waals surface area contributed by atoms with Crippen LogP contribution in [-0.2, 0) is 7.05 Å². The molecular weight excluding hydrogens is 188 g/mol. The van der Waals surface area contributed by atoms with E-state index in [0.717, 1.165) is 11.4 Å². The summed E-state index contributed by atoms with van der Waals surface area (Å²) < 4.78 is 7.51. The van der Waals surface area contributed by atoms with Gasteiger partial charge < -0.3 is 9.30 Å². The monoisotopic (exact) mass is 202 g/mol. The van der Waals surface area contributed by atoms with E-state index in [1.807, 2.05) is 49.0 Å². The van der Waals surface area contributed by atoms with Crippen molar-refractivity contribution in [1.82, 2.24) is 9.55 Å². The van der Waals surface area contributed by atoms with Crippen molar-refractivity contribution in [3.63, 3.8) is 0 Å². The molecule has 0 bridgehead atoms. The van der Waals surface area contributed by atoms with Gasteiger partial charge in [-0.3, -0.25) is 0 Å². The van der Waals surface area contributed by atoms with Crippen LogP contribution in [0.1, 0.15) is 11.3 Å². The van der Waals surface area contributed by atoms with Crippen LogP contribution in [0.15, 0.2) is 30.5 Å². The fraction of sp³-hybridized carbons (Fsp3) is 0.250. The van der Waals surface area contributed by atoms with E-state index >= 15 is 0 Å². The zero-order chi connectivity index (χ0) is 10.8. The summed E-state index contributed by atoms with van der Waals surface area (Å²) in [7, 11) is 1.92. The molecule has 1 aromatic carbocycles. The zero-order valence-electron chi connectivity index (χ0n) is 9.19. The number of aryl methyl sites for hydroxylation is 3. The Balaban J connectivity index is 2.21. The predicted molar refractivity (Wildman–Crippen MR) is 59.2 cm³/mol. The minimum absolute atomic E-state index is 0.622. The van der Waals surface area contributed by atoms with Gasteiger partial charge in [-0.15, -0.1) is 0 Å². The molecule has 3 nitrogen and oxygen atoms in total. The standard InChI is InChI=1S/C12H14N2O/c1-9-4-6-11(7-5-9)15-12-13-10(2)8-14(12)3/h4-8H,1-3H3. The third-order valence-corrected chi connectivity index (χ3v) is 2.18. The first-order valence-electron chi connectivity index (χ1n) is 4.89. The molecule has 0 spiro atoms. The highest BCUT2D eigenvalue weighted by atomic mass is 16.5. The number of benzene rings is 1. The average Bonchev–Trinajstić information content (AvgIpc) is 2.49. The number of ether oxygens (including phenoxy) is 1. The van der Waals surface area contributed by atoms with Gasteiger partial charge in [0.2, 0.25) is 0 Å². The molecule has 78 valence electrons. The lowest BCUT2D eigenvalue weighted by Gasteiger charge is -2.04. The Morgan fingerprint density at radius 1 is 1.13 bits per heavy atom. The molecule has 0 radical (unpaired) electrons. The molecule has 3 heteroatoms. The van der Waals surface area contributed by atoms with Gasteiger partial charge in [-0.05, 0) is 26.0 Å². The van der Waals surface area contributed by atoms with E-state index in [9.17, 15) is 0 Å². The Hall–Kier alpha value is -1.77. The summed E-state index contributed by atoms with van der Waals surface area (Å²) in [6.07, 6.45) is 1.93. The number of hydrogen-bond acceptors (Lipinski definition) is 2. The van der Waals surface area contributed by atoms with Crippen LogP contribution in [0.3, 0.4) is 0 Å². The van der Waals surface area contributed by atoms with Crippen molar-refractivity contribution < 1.29 is 4.74 Å². The molecule has 0 amide bonds. The SMILES string of the molecule is Cc1ccc(Oc2nc(C)cn2C)cc1. The van der Waals surface area contributed by atoms with Gasteiger partial charge in [0.1, 0.15) is 5.75 Å². The lowest BCUT2D eigenvalue weighted by molar-refractivity contribution is 0.424. The fourth-order valence-electron chi connectivity index (χ4n) is 1.40. The molecule has 1 aromatic heterocycles. The molecule has 0 aliphatic heterocycles. The molecule has 0 aliphatic rings. The second-order valence-electron chi connectivity index (χ2n) is 3.69. The third-order valence-electron chi connectivity index (χ3n) is 2.18. The lowest BCUT2D eigenvalue weighted by atomic mass is 10.2. The predicted octanol–water partition coefficient (Wildman–Crippen LogP) is 2.83. The largest absolute Gasteiger partial charge is 0.426 e. The van der Waals surface area contributed by atoms with E-state index in [2.05, 4.69) is 11.9 Å². The van der Waals surface area contributed by atoms with Gasteiger partial charge in [0, 0.05) is 13.2 Å².